The summed E-state index contributed by atoms with van der Waals surface area (Å²) >= 11 is 0. The zero-order chi connectivity index (χ0) is 24.8. The molecule has 1 atom stereocenters. The Kier molecular flexibility index (Phi) is 5.58. The fourth-order valence-corrected chi connectivity index (χ4v) is 6.63. The zero-order valence-electron chi connectivity index (χ0n) is 21.2. The first-order valence-electron chi connectivity index (χ1n) is 13.7. The number of aliphatic hydroxyl groups is 1. The molecular formula is C31H34N4O2. The SMILES string of the molecule is O[C@@H]1CCc2c(Nc3ccc4c(c3)OC3(CCCCC3)CN4CCc3c[nH]c4ccccc34)ccnc21. The molecule has 1 fully saturated rings. The minimum Gasteiger partial charge on any atom is -0.483 e. The fraction of sp³-hybridized carbons (Fsp3) is 0.387. The van der Waals surface area contributed by atoms with Crippen LogP contribution in [0.2, 0.25) is 0 Å². The molecule has 3 N–H and O–H groups in total. The summed E-state index contributed by atoms with van der Waals surface area (Å²) in [6.07, 6.45) is 12.1. The van der Waals surface area contributed by atoms with E-state index in [2.05, 4.69) is 68.8 Å². The highest BCUT2D eigenvalue weighted by Gasteiger charge is 2.40. The first-order valence-corrected chi connectivity index (χ1v) is 13.7. The van der Waals surface area contributed by atoms with Gasteiger partial charge < -0.3 is 25.0 Å². The molecule has 1 aliphatic heterocycles. The van der Waals surface area contributed by atoms with Crippen LogP contribution in [-0.2, 0) is 12.8 Å². The number of aliphatic hydroxyl groups excluding tert-OH is 1. The number of para-hydroxylation sites is 1. The molecule has 37 heavy (non-hydrogen) atoms. The number of H-pyrrole nitrogens is 1. The van der Waals surface area contributed by atoms with Crippen LogP contribution in [0.25, 0.3) is 10.9 Å². The fourth-order valence-electron chi connectivity index (χ4n) is 6.63. The summed E-state index contributed by atoms with van der Waals surface area (Å²) in [5.41, 5.74) is 7.62. The number of aromatic amines is 1. The van der Waals surface area contributed by atoms with Crippen molar-refractivity contribution in [2.45, 2.75) is 63.1 Å². The molecule has 1 saturated carbocycles. The highest BCUT2D eigenvalue weighted by atomic mass is 16.5. The van der Waals surface area contributed by atoms with Crippen LogP contribution in [0, 0.1) is 0 Å². The van der Waals surface area contributed by atoms with Gasteiger partial charge in [-0.15, -0.1) is 0 Å². The Bertz CT molecular complexity index is 1440. The molecule has 7 rings (SSSR count). The highest BCUT2D eigenvalue weighted by molar-refractivity contribution is 5.83. The third-order valence-corrected chi connectivity index (χ3v) is 8.55. The molecule has 3 aliphatic rings. The van der Waals surface area contributed by atoms with Crippen LogP contribution in [0.4, 0.5) is 17.1 Å². The van der Waals surface area contributed by atoms with E-state index in [9.17, 15) is 5.11 Å². The first-order chi connectivity index (χ1) is 18.2. The lowest BCUT2D eigenvalue weighted by Crippen LogP contribution is -2.52. The van der Waals surface area contributed by atoms with E-state index in [0.717, 1.165) is 73.6 Å². The van der Waals surface area contributed by atoms with Gasteiger partial charge in [-0.05, 0) is 80.3 Å². The number of rotatable bonds is 5. The van der Waals surface area contributed by atoms with Crippen molar-refractivity contribution in [2.75, 3.05) is 23.3 Å². The maximum absolute atomic E-state index is 10.3. The van der Waals surface area contributed by atoms with Gasteiger partial charge >= 0.3 is 0 Å². The van der Waals surface area contributed by atoms with E-state index in [0.29, 0.717) is 0 Å². The second-order valence-electron chi connectivity index (χ2n) is 11.0. The van der Waals surface area contributed by atoms with Crippen molar-refractivity contribution in [3.05, 3.63) is 77.7 Å². The molecular weight excluding hydrogens is 460 g/mol. The Hall–Kier alpha value is -3.51. The topological polar surface area (TPSA) is 73.4 Å². The van der Waals surface area contributed by atoms with E-state index in [1.54, 1.807) is 6.20 Å². The molecule has 190 valence electrons. The lowest BCUT2D eigenvalue weighted by atomic mass is 9.83. The monoisotopic (exact) mass is 494 g/mol. The molecule has 2 aliphatic carbocycles. The average Bonchev–Trinajstić information content (AvgIpc) is 3.51. The molecule has 2 aromatic heterocycles. The van der Waals surface area contributed by atoms with Crippen LogP contribution >= 0.6 is 0 Å². The Morgan fingerprint density at radius 2 is 2.00 bits per heavy atom. The van der Waals surface area contributed by atoms with Gasteiger partial charge in [0.2, 0.25) is 0 Å². The van der Waals surface area contributed by atoms with E-state index < -0.39 is 6.10 Å². The van der Waals surface area contributed by atoms with Gasteiger partial charge in [-0.1, -0.05) is 24.6 Å². The summed E-state index contributed by atoms with van der Waals surface area (Å²) in [6, 6.07) is 17.1. The number of fused-ring (bicyclic) bond motifs is 3. The van der Waals surface area contributed by atoms with Gasteiger partial charge in [0, 0.05) is 47.3 Å². The van der Waals surface area contributed by atoms with Gasteiger partial charge in [-0.2, -0.15) is 0 Å². The first kappa shape index (κ1) is 22.7. The number of nitrogens with zero attached hydrogens (tertiary/aromatic N) is 2. The van der Waals surface area contributed by atoms with E-state index >= 15 is 0 Å². The molecule has 4 aromatic rings. The Labute approximate surface area is 217 Å². The third-order valence-electron chi connectivity index (χ3n) is 8.55. The van der Waals surface area contributed by atoms with Crippen molar-refractivity contribution in [2.24, 2.45) is 0 Å². The average molecular weight is 495 g/mol. The molecule has 0 saturated heterocycles. The summed E-state index contributed by atoms with van der Waals surface area (Å²) < 4.78 is 6.85. The van der Waals surface area contributed by atoms with Crippen LogP contribution in [0.15, 0.2) is 60.9 Å². The smallest absolute Gasteiger partial charge is 0.145 e. The molecule has 1 spiro atoms. The minimum atomic E-state index is -0.458. The predicted molar refractivity (Wildman–Crippen MR) is 148 cm³/mol. The van der Waals surface area contributed by atoms with Crippen LogP contribution in [0.3, 0.4) is 0 Å². The van der Waals surface area contributed by atoms with Crippen LogP contribution in [0.5, 0.6) is 5.75 Å². The molecule has 0 bridgehead atoms. The molecule has 3 heterocycles. The Balaban J connectivity index is 1.18. The van der Waals surface area contributed by atoms with E-state index in [1.165, 1.54) is 41.4 Å². The minimum absolute atomic E-state index is 0.105. The summed E-state index contributed by atoms with van der Waals surface area (Å²) in [4.78, 5) is 10.4. The molecule has 0 unspecified atom stereocenters. The van der Waals surface area contributed by atoms with Crippen LogP contribution in [-0.4, -0.2) is 33.8 Å². The van der Waals surface area contributed by atoms with Crippen LogP contribution < -0.4 is 15.0 Å². The van der Waals surface area contributed by atoms with Crippen molar-refractivity contribution in [1.82, 2.24) is 9.97 Å². The number of benzene rings is 2. The third kappa shape index (κ3) is 4.13. The van der Waals surface area contributed by atoms with E-state index in [1.807, 2.05) is 6.07 Å². The summed E-state index contributed by atoms with van der Waals surface area (Å²) in [5, 5.41) is 15.2. The summed E-state index contributed by atoms with van der Waals surface area (Å²) in [7, 11) is 0. The lowest BCUT2D eigenvalue weighted by molar-refractivity contribution is 0.0286. The number of hydrogen-bond donors (Lipinski definition) is 3. The molecule has 6 nitrogen and oxygen atoms in total. The normalized spacial score (nSPS) is 20.0. The van der Waals surface area contributed by atoms with Gasteiger partial charge in [0.15, 0.2) is 0 Å². The van der Waals surface area contributed by atoms with Gasteiger partial charge in [-0.25, -0.2) is 0 Å². The predicted octanol–water partition coefficient (Wildman–Crippen LogP) is 6.43. The summed E-state index contributed by atoms with van der Waals surface area (Å²) in [6.45, 7) is 1.91. The number of nitrogens with one attached hydrogen (secondary N) is 2. The lowest BCUT2D eigenvalue weighted by Gasteiger charge is -2.46. The molecule has 0 amide bonds. The maximum atomic E-state index is 10.3. The van der Waals surface area contributed by atoms with Gasteiger partial charge in [-0.3, -0.25) is 4.98 Å². The van der Waals surface area contributed by atoms with Crippen molar-refractivity contribution >= 4 is 28.0 Å². The van der Waals surface area contributed by atoms with Crippen molar-refractivity contribution in [1.29, 1.82) is 0 Å². The number of anilines is 3. The van der Waals surface area contributed by atoms with Gasteiger partial charge in [0.1, 0.15) is 11.4 Å². The zero-order valence-corrected chi connectivity index (χ0v) is 21.2. The van der Waals surface area contributed by atoms with Crippen LogP contribution in [0.1, 0.15) is 61.4 Å². The van der Waals surface area contributed by atoms with E-state index in [4.69, 9.17) is 4.74 Å². The van der Waals surface area contributed by atoms with Crippen molar-refractivity contribution < 1.29 is 9.84 Å². The number of hydrogen-bond acceptors (Lipinski definition) is 5. The second-order valence-corrected chi connectivity index (χ2v) is 11.0. The van der Waals surface area contributed by atoms with Gasteiger partial charge in [0.05, 0.1) is 24.0 Å². The Morgan fingerprint density at radius 1 is 1.11 bits per heavy atom. The van der Waals surface area contributed by atoms with Gasteiger partial charge in [0.25, 0.3) is 0 Å². The quantitative estimate of drug-likeness (QED) is 0.298. The molecule has 0 radical (unpaired) electrons. The van der Waals surface area contributed by atoms with Crippen molar-refractivity contribution in [3.8, 4) is 5.75 Å². The standard InChI is InChI=1S/C31H34N4O2/c36-28-11-9-24-26(12-16-32-30(24)28)34-22-8-10-27-29(18-22)37-31(14-4-1-5-15-31)20-35(27)17-13-21-19-33-25-7-3-2-6-23(21)25/h2-3,6-8,10,12,16,18-19,28,33,36H,1,4-5,9,11,13-15,17,20H2,(H,32,34)/t28-/m1/s1. The number of pyridine rings is 1. The van der Waals surface area contributed by atoms with E-state index in [-0.39, 0.29) is 5.60 Å². The van der Waals surface area contributed by atoms with Crippen molar-refractivity contribution in [3.63, 3.8) is 0 Å². The Morgan fingerprint density at radius 3 is 2.92 bits per heavy atom. The summed E-state index contributed by atoms with van der Waals surface area (Å²) in [5.74, 6) is 0.975. The number of aromatic nitrogens is 2. The number of ether oxygens (including phenoxy) is 1. The largest absolute Gasteiger partial charge is 0.483 e. The second kappa shape index (κ2) is 9.10. The highest BCUT2D eigenvalue weighted by Crippen LogP contribution is 2.45. The molecule has 2 aromatic carbocycles. The maximum Gasteiger partial charge on any atom is 0.145 e. The molecule has 6 heteroatoms.